The Morgan fingerprint density at radius 3 is 2.57 bits per heavy atom. The average molecular weight is 389 g/mol. The lowest BCUT2D eigenvalue weighted by Gasteiger charge is -2.31. The molecule has 0 unspecified atom stereocenters. The number of hydrogen-bond donors (Lipinski definition) is 1. The second-order valence-corrected chi connectivity index (χ2v) is 6.41. The van der Waals surface area contributed by atoms with Gasteiger partial charge < -0.3 is 15.0 Å². The summed E-state index contributed by atoms with van der Waals surface area (Å²) in [6.07, 6.45) is 2.37. The Kier molecular flexibility index (Phi) is 7.25. The number of nitrogens with one attached hydrogen (secondary N) is 1. The van der Waals surface area contributed by atoms with Gasteiger partial charge in [-0.05, 0) is 31.4 Å². The minimum Gasteiger partial charge on any atom is -0.466 e. The fraction of sp³-hybridized carbons (Fsp3) is 0.421. The zero-order chi connectivity index (χ0) is 20.7. The molecule has 1 heterocycles. The van der Waals surface area contributed by atoms with Gasteiger partial charge in [-0.25, -0.2) is 0 Å². The smallest absolute Gasteiger partial charge is 0.309 e. The molecular weight excluding hydrogens is 366 g/mol. The number of carbonyl (C=O) groups is 3. The molecule has 1 aliphatic heterocycles. The maximum atomic E-state index is 12.9. The summed E-state index contributed by atoms with van der Waals surface area (Å²) >= 11 is 0. The van der Waals surface area contributed by atoms with Crippen LogP contribution in [0.5, 0.6) is 0 Å². The normalized spacial score (nSPS) is 15.1. The molecule has 1 aromatic carbocycles. The first-order chi connectivity index (χ1) is 13.3. The maximum absolute atomic E-state index is 12.9. The highest BCUT2D eigenvalue weighted by atomic mass is 16.6. The Bertz CT molecular complexity index is 797. The van der Waals surface area contributed by atoms with Crippen LogP contribution in [0.1, 0.15) is 32.3 Å². The topological polar surface area (TPSA) is 119 Å². The molecule has 0 bridgehead atoms. The van der Waals surface area contributed by atoms with E-state index < -0.39 is 16.7 Å². The van der Waals surface area contributed by atoms with E-state index in [-0.39, 0.29) is 23.3 Å². The first-order valence-corrected chi connectivity index (χ1v) is 9.01. The number of amides is 2. The van der Waals surface area contributed by atoms with Crippen molar-refractivity contribution in [3.63, 3.8) is 0 Å². The van der Waals surface area contributed by atoms with Gasteiger partial charge in [0.15, 0.2) is 0 Å². The summed E-state index contributed by atoms with van der Waals surface area (Å²) in [6.45, 7) is 4.05. The number of nitro benzene ring substituents is 1. The molecule has 1 aliphatic rings. The van der Waals surface area contributed by atoms with Crippen LogP contribution in [0.4, 0.5) is 5.69 Å². The summed E-state index contributed by atoms with van der Waals surface area (Å²) in [5, 5.41) is 13.4. The highest BCUT2D eigenvalue weighted by Gasteiger charge is 2.29. The highest BCUT2D eigenvalue weighted by Crippen LogP contribution is 2.21. The zero-order valence-corrected chi connectivity index (χ0v) is 15.8. The molecule has 0 atom stereocenters. The van der Waals surface area contributed by atoms with Gasteiger partial charge in [0.05, 0.1) is 17.4 Å². The summed E-state index contributed by atoms with van der Waals surface area (Å²) in [7, 11) is 0. The average Bonchev–Trinajstić information content (AvgIpc) is 2.67. The van der Waals surface area contributed by atoms with E-state index in [1.807, 2.05) is 0 Å². The molecule has 1 fully saturated rings. The van der Waals surface area contributed by atoms with Crippen LogP contribution >= 0.6 is 0 Å². The molecule has 0 aromatic heterocycles. The van der Waals surface area contributed by atoms with Gasteiger partial charge in [0, 0.05) is 32.1 Å². The number of esters is 1. The van der Waals surface area contributed by atoms with Crippen LogP contribution in [0, 0.1) is 16.0 Å². The van der Waals surface area contributed by atoms with E-state index in [0.29, 0.717) is 38.1 Å². The van der Waals surface area contributed by atoms with E-state index in [0.717, 1.165) is 0 Å². The van der Waals surface area contributed by atoms with Crippen molar-refractivity contribution in [1.82, 2.24) is 10.2 Å². The lowest BCUT2D eigenvalue weighted by molar-refractivity contribution is -0.384. The molecule has 1 aromatic rings. The molecular formula is C19H23N3O6. The Morgan fingerprint density at radius 1 is 1.32 bits per heavy atom. The number of benzene rings is 1. The van der Waals surface area contributed by atoms with Gasteiger partial charge in [-0.15, -0.1) is 0 Å². The fourth-order valence-electron chi connectivity index (χ4n) is 2.98. The van der Waals surface area contributed by atoms with Crippen molar-refractivity contribution in [3.8, 4) is 0 Å². The second kappa shape index (κ2) is 9.63. The van der Waals surface area contributed by atoms with E-state index in [1.165, 1.54) is 31.2 Å². The van der Waals surface area contributed by atoms with Gasteiger partial charge in [0.25, 0.3) is 11.6 Å². The number of rotatable bonds is 6. The van der Waals surface area contributed by atoms with Gasteiger partial charge in [0.2, 0.25) is 5.91 Å². The third-order valence-corrected chi connectivity index (χ3v) is 4.34. The number of ether oxygens (including phenoxy) is 1. The molecule has 1 N–H and O–H groups in total. The van der Waals surface area contributed by atoms with Crippen molar-refractivity contribution in [2.45, 2.75) is 26.7 Å². The molecule has 2 amide bonds. The van der Waals surface area contributed by atoms with Crippen LogP contribution in [-0.4, -0.2) is 47.3 Å². The van der Waals surface area contributed by atoms with Gasteiger partial charge in [-0.1, -0.05) is 12.1 Å². The van der Waals surface area contributed by atoms with Crippen LogP contribution in [0.2, 0.25) is 0 Å². The fourth-order valence-corrected chi connectivity index (χ4v) is 2.98. The molecule has 1 saturated heterocycles. The summed E-state index contributed by atoms with van der Waals surface area (Å²) in [5.41, 5.74) is 0.342. The number of hydrogen-bond acceptors (Lipinski definition) is 6. The van der Waals surface area contributed by atoms with E-state index in [1.54, 1.807) is 17.9 Å². The first-order valence-electron chi connectivity index (χ1n) is 9.01. The Morgan fingerprint density at radius 2 is 2.00 bits per heavy atom. The Hall–Kier alpha value is -3.23. The van der Waals surface area contributed by atoms with E-state index >= 15 is 0 Å². The largest absolute Gasteiger partial charge is 0.466 e. The predicted molar refractivity (Wildman–Crippen MR) is 101 cm³/mol. The van der Waals surface area contributed by atoms with Crippen molar-refractivity contribution >= 4 is 29.5 Å². The number of nitro groups is 1. The van der Waals surface area contributed by atoms with Crippen LogP contribution in [0.3, 0.4) is 0 Å². The number of carbonyl (C=O) groups excluding carboxylic acids is 3. The van der Waals surface area contributed by atoms with E-state index in [9.17, 15) is 24.5 Å². The van der Waals surface area contributed by atoms with Crippen molar-refractivity contribution in [2.24, 2.45) is 5.92 Å². The van der Waals surface area contributed by atoms with Crippen LogP contribution < -0.4 is 5.32 Å². The summed E-state index contributed by atoms with van der Waals surface area (Å²) < 4.78 is 5.02. The summed E-state index contributed by atoms with van der Waals surface area (Å²) in [5.74, 6) is -1.33. The SMILES string of the molecule is CCOC(=O)C1CCN(C(=O)/C(=C/c2cccc([N+](=O)[O-])c2)NC(C)=O)CC1. The third kappa shape index (κ3) is 5.63. The monoisotopic (exact) mass is 389 g/mol. The second-order valence-electron chi connectivity index (χ2n) is 6.41. The van der Waals surface area contributed by atoms with Crippen molar-refractivity contribution in [2.75, 3.05) is 19.7 Å². The van der Waals surface area contributed by atoms with Gasteiger partial charge in [-0.3, -0.25) is 24.5 Å². The van der Waals surface area contributed by atoms with Gasteiger partial charge in [-0.2, -0.15) is 0 Å². The van der Waals surface area contributed by atoms with Crippen molar-refractivity contribution in [3.05, 3.63) is 45.6 Å². The molecule has 9 nitrogen and oxygen atoms in total. The van der Waals surface area contributed by atoms with Crippen molar-refractivity contribution < 1.29 is 24.0 Å². The molecule has 0 spiro atoms. The van der Waals surface area contributed by atoms with Gasteiger partial charge in [0.1, 0.15) is 5.70 Å². The molecule has 9 heteroatoms. The summed E-state index contributed by atoms with van der Waals surface area (Å²) in [4.78, 5) is 48.2. The molecule has 28 heavy (non-hydrogen) atoms. The van der Waals surface area contributed by atoms with E-state index in [2.05, 4.69) is 5.32 Å². The lowest BCUT2D eigenvalue weighted by Crippen LogP contribution is -2.43. The molecule has 0 saturated carbocycles. The number of nitrogens with zero attached hydrogens (tertiary/aromatic N) is 2. The third-order valence-electron chi connectivity index (χ3n) is 4.34. The molecule has 150 valence electrons. The lowest BCUT2D eigenvalue weighted by atomic mass is 9.96. The van der Waals surface area contributed by atoms with E-state index in [4.69, 9.17) is 4.74 Å². The standard InChI is InChI=1S/C19H23N3O6/c1-3-28-19(25)15-7-9-21(10-8-15)18(24)17(20-13(2)23)12-14-5-4-6-16(11-14)22(26)27/h4-6,11-12,15H,3,7-10H2,1-2H3,(H,20,23)/b17-12-. The van der Waals surface area contributed by atoms with Crippen LogP contribution in [0.25, 0.3) is 6.08 Å². The number of piperidine rings is 1. The summed E-state index contributed by atoms with van der Waals surface area (Å²) in [6, 6.07) is 5.78. The molecule has 0 aliphatic carbocycles. The highest BCUT2D eigenvalue weighted by molar-refractivity contribution is 6.01. The molecule has 2 rings (SSSR count). The van der Waals surface area contributed by atoms with Gasteiger partial charge >= 0.3 is 5.97 Å². The number of likely N-dealkylation sites (tertiary alicyclic amines) is 1. The zero-order valence-electron chi connectivity index (χ0n) is 15.8. The Balaban J connectivity index is 2.16. The first kappa shape index (κ1) is 21.1. The maximum Gasteiger partial charge on any atom is 0.309 e. The predicted octanol–water partition coefficient (Wildman–Crippen LogP) is 1.87. The van der Waals surface area contributed by atoms with Crippen molar-refractivity contribution in [1.29, 1.82) is 0 Å². The Labute approximate surface area is 162 Å². The molecule has 0 radical (unpaired) electrons. The quantitative estimate of drug-likeness (QED) is 0.343. The number of non-ortho nitro benzene ring substituents is 1. The van der Waals surface area contributed by atoms with Crippen LogP contribution in [0.15, 0.2) is 30.0 Å². The van der Waals surface area contributed by atoms with Crippen LogP contribution in [-0.2, 0) is 19.1 Å². The minimum atomic E-state index is -0.530. The minimum absolute atomic E-state index is 0.0302.